The first kappa shape index (κ1) is 15.3. The van der Waals surface area contributed by atoms with Crippen LogP contribution in [0.15, 0.2) is 24.3 Å². The Balaban J connectivity index is 1.99. The Morgan fingerprint density at radius 2 is 2.00 bits per heavy atom. The molecule has 1 heterocycles. The first-order valence-electron chi connectivity index (χ1n) is 7.00. The smallest absolute Gasteiger partial charge is 0.409 e. The van der Waals surface area contributed by atoms with Crippen molar-refractivity contribution < 1.29 is 18.7 Å². The van der Waals surface area contributed by atoms with Crippen LogP contribution < -0.4 is 5.32 Å². The molecule has 21 heavy (non-hydrogen) atoms. The average molecular weight is 294 g/mol. The molecule has 1 saturated heterocycles. The molecule has 1 aliphatic rings. The van der Waals surface area contributed by atoms with Crippen molar-refractivity contribution in [1.29, 1.82) is 0 Å². The summed E-state index contributed by atoms with van der Waals surface area (Å²) >= 11 is 0. The fraction of sp³-hybridized carbons (Fsp3) is 0.467. The van der Waals surface area contributed by atoms with Gasteiger partial charge in [0.05, 0.1) is 12.1 Å². The summed E-state index contributed by atoms with van der Waals surface area (Å²) in [6.07, 6.45) is 1.51. The Bertz CT molecular complexity index is 496. The van der Waals surface area contributed by atoms with Gasteiger partial charge in [0.2, 0.25) is 0 Å². The highest BCUT2D eigenvalue weighted by Gasteiger charge is 2.36. The number of anilines is 1. The van der Waals surface area contributed by atoms with Gasteiger partial charge in [-0.3, -0.25) is 0 Å². The van der Waals surface area contributed by atoms with Crippen LogP contribution in [0.2, 0.25) is 0 Å². The molecule has 0 aliphatic carbocycles. The van der Waals surface area contributed by atoms with Gasteiger partial charge in [-0.1, -0.05) is 0 Å². The molecule has 0 unspecified atom stereocenters. The predicted molar refractivity (Wildman–Crippen MR) is 76.6 cm³/mol. The third-order valence-electron chi connectivity index (χ3n) is 3.64. The number of nitrogens with one attached hydrogen (secondary N) is 1. The van der Waals surface area contributed by atoms with Crippen molar-refractivity contribution >= 4 is 18.1 Å². The Labute approximate surface area is 123 Å². The van der Waals surface area contributed by atoms with Gasteiger partial charge in [-0.15, -0.1) is 0 Å². The predicted octanol–water partition coefficient (Wildman–Crippen LogP) is 2.43. The van der Waals surface area contributed by atoms with Gasteiger partial charge in [0.25, 0.3) is 0 Å². The van der Waals surface area contributed by atoms with E-state index in [1.54, 1.807) is 24.0 Å². The van der Waals surface area contributed by atoms with E-state index < -0.39 is 5.54 Å². The van der Waals surface area contributed by atoms with Gasteiger partial charge >= 0.3 is 6.09 Å². The van der Waals surface area contributed by atoms with Gasteiger partial charge < -0.3 is 19.7 Å². The van der Waals surface area contributed by atoms with Crippen molar-refractivity contribution in [3.05, 3.63) is 30.1 Å². The summed E-state index contributed by atoms with van der Waals surface area (Å²) < 4.78 is 17.9. The average Bonchev–Trinajstić information content (AvgIpc) is 2.50. The number of amides is 1. The van der Waals surface area contributed by atoms with Crippen molar-refractivity contribution in [2.75, 3.05) is 25.0 Å². The maximum atomic E-state index is 12.9. The molecule has 1 aromatic rings. The summed E-state index contributed by atoms with van der Waals surface area (Å²) in [4.78, 5) is 24.7. The minimum Gasteiger partial charge on any atom is -0.450 e. The van der Waals surface area contributed by atoms with Crippen LogP contribution in [-0.2, 0) is 9.53 Å². The molecule has 0 aromatic heterocycles. The third-order valence-corrected chi connectivity index (χ3v) is 3.64. The van der Waals surface area contributed by atoms with Crippen LogP contribution in [-0.4, -0.2) is 42.5 Å². The van der Waals surface area contributed by atoms with Crippen molar-refractivity contribution in [3.8, 4) is 0 Å². The second kappa shape index (κ2) is 6.56. The van der Waals surface area contributed by atoms with Crippen LogP contribution in [0.3, 0.4) is 0 Å². The Hall–Kier alpha value is -2.11. The van der Waals surface area contributed by atoms with E-state index in [4.69, 9.17) is 4.74 Å². The Kier molecular flexibility index (Phi) is 4.77. The molecule has 1 aliphatic heterocycles. The van der Waals surface area contributed by atoms with Crippen LogP contribution in [0.5, 0.6) is 0 Å². The van der Waals surface area contributed by atoms with Gasteiger partial charge in [-0.2, -0.15) is 0 Å². The largest absolute Gasteiger partial charge is 0.450 e. The highest BCUT2D eigenvalue weighted by atomic mass is 19.1. The van der Waals surface area contributed by atoms with Gasteiger partial charge in [-0.25, -0.2) is 9.18 Å². The zero-order valence-corrected chi connectivity index (χ0v) is 12.0. The zero-order valence-electron chi connectivity index (χ0n) is 12.0. The van der Waals surface area contributed by atoms with Gasteiger partial charge in [-0.05, 0) is 44.0 Å². The van der Waals surface area contributed by atoms with Crippen molar-refractivity contribution in [1.82, 2.24) is 4.90 Å². The number of halogens is 1. The van der Waals surface area contributed by atoms with Gasteiger partial charge in [0.1, 0.15) is 12.1 Å². The lowest BCUT2D eigenvalue weighted by Crippen LogP contribution is -2.52. The zero-order chi connectivity index (χ0) is 15.3. The number of nitrogens with zero attached hydrogens (tertiary/aromatic N) is 1. The summed E-state index contributed by atoms with van der Waals surface area (Å²) in [5.74, 6) is -0.321. The summed E-state index contributed by atoms with van der Waals surface area (Å²) in [6.45, 7) is 2.99. The Morgan fingerprint density at radius 3 is 2.52 bits per heavy atom. The lowest BCUT2D eigenvalue weighted by atomic mass is 9.88. The number of hydrogen-bond acceptors (Lipinski definition) is 4. The molecule has 0 saturated carbocycles. The standard InChI is InChI=1S/C15H19FN2O3/c1-2-21-14(20)18-9-7-15(11-19,8-10-18)17-13-5-3-12(16)4-6-13/h3-6,11,17H,2,7-10H2,1H3. The molecule has 2 rings (SSSR count). The molecule has 0 bridgehead atoms. The molecule has 1 aromatic carbocycles. The van der Waals surface area contributed by atoms with E-state index in [-0.39, 0.29) is 11.9 Å². The third kappa shape index (κ3) is 3.71. The van der Waals surface area contributed by atoms with Crippen molar-refractivity contribution in [2.45, 2.75) is 25.3 Å². The molecule has 0 spiro atoms. The minimum atomic E-state index is -0.721. The SMILES string of the molecule is CCOC(=O)N1CCC(C=O)(Nc2ccc(F)cc2)CC1. The normalized spacial score (nSPS) is 17.1. The molecular formula is C15H19FN2O3. The number of carbonyl (C=O) groups is 2. The fourth-order valence-corrected chi connectivity index (χ4v) is 2.40. The monoisotopic (exact) mass is 294 g/mol. The quantitative estimate of drug-likeness (QED) is 0.866. The van der Waals surface area contributed by atoms with E-state index in [1.165, 1.54) is 12.1 Å². The first-order valence-corrected chi connectivity index (χ1v) is 7.00. The first-order chi connectivity index (χ1) is 10.1. The number of piperidine rings is 1. The van der Waals surface area contributed by atoms with Crippen molar-refractivity contribution in [3.63, 3.8) is 0 Å². The number of carbonyl (C=O) groups excluding carboxylic acids is 2. The van der Waals surface area contributed by atoms with Gasteiger partial charge in [0, 0.05) is 18.8 Å². The second-order valence-corrected chi connectivity index (χ2v) is 5.09. The van der Waals surface area contributed by atoms with Crippen LogP contribution in [0.4, 0.5) is 14.9 Å². The van der Waals surface area contributed by atoms with E-state index in [9.17, 15) is 14.0 Å². The summed E-state index contributed by atoms with van der Waals surface area (Å²) in [6, 6.07) is 5.87. The van der Waals surface area contributed by atoms with E-state index in [2.05, 4.69) is 5.32 Å². The summed E-state index contributed by atoms with van der Waals surface area (Å²) in [5.41, 5.74) is -0.0334. The van der Waals surface area contributed by atoms with Crippen LogP contribution in [0, 0.1) is 5.82 Å². The molecular weight excluding hydrogens is 275 g/mol. The molecule has 1 amide bonds. The highest BCUT2D eigenvalue weighted by molar-refractivity contribution is 5.73. The molecule has 0 atom stereocenters. The fourth-order valence-electron chi connectivity index (χ4n) is 2.40. The topological polar surface area (TPSA) is 58.6 Å². The molecule has 114 valence electrons. The van der Waals surface area contributed by atoms with E-state index in [1.807, 2.05) is 0 Å². The van der Waals surface area contributed by atoms with Gasteiger partial charge in [0.15, 0.2) is 0 Å². The molecule has 1 N–H and O–H groups in total. The maximum Gasteiger partial charge on any atom is 0.409 e. The number of hydrogen-bond donors (Lipinski definition) is 1. The molecule has 6 heteroatoms. The molecule has 5 nitrogen and oxygen atoms in total. The number of benzene rings is 1. The van der Waals surface area contributed by atoms with Crippen molar-refractivity contribution in [2.24, 2.45) is 0 Å². The number of aldehydes is 1. The van der Waals surface area contributed by atoms with Crippen LogP contribution in [0.1, 0.15) is 19.8 Å². The molecule has 1 fully saturated rings. The Morgan fingerprint density at radius 1 is 1.38 bits per heavy atom. The molecule has 0 radical (unpaired) electrons. The number of rotatable bonds is 4. The highest BCUT2D eigenvalue weighted by Crippen LogP contribution is 2.26. The maximum absolute atomic E-state index is 12.9. The second-order valence-electron chi connectivity index (χ2n) is 5.09. The summed E-state index contributed by atoms with van der Waals surface area (Å²) in [5, 5.41) is 3.15. The van der Waals surface area contributed by atoms with Crippen LogP contribution in [0.25, 0.3) is 0 Å². The minimum absolute atomic E-state index is 0.321. The van der Waals surface area contributed by atoms with Crippen LogP contribution >= 0.6 is 0 Å². The van der Waals surface area contributed by atoms with E-state index in [0.717, 1.165) is 6.29 Å². The number of likely N-dealkylation sites (tertiary alicyclic amines) is 1. The lowest BCUT2D eigenvalue weighted by Gasteiger charge is -2.38. The van der Waals surface area contributed by atoms with E-state index >= 15 is 0 Å². The number of ether oxygens (including phenoxy) is 1. The summed E-state index contributed by atoms with van der Waals surface area (Å²) in [7, 11) is 0. The van der Waals surface area contributed by atoms with E-state index in [0.29, 0.717) is 38.2 Å². The lowest BCUT2D eigenvalue weighted by molar-refractivity contribution is -0.112.